The number of carbonyl (C=O) groups is 2. The summed E-state index contributed by atoms with van der Waals surface area (Å²) in [5.74, 6) is -0.726. The molecule has 1 N–H and O–H groups in total. The first-order chi connectivity index (χ1) is 12.4. The van der Waals surface area contributed by atoms with Crippen LogP contribution < -0.4 is 10.1 Å². The van der Waals surface area contributed by atoms with Crippen molar-refractivity contribution in [1.29, 1.82) is 5.26 Å². The van der Waals surface area contributed by atoms with Crippen LogP contribution in [0.4, 0.5) is 5.69 Å². The number of halogens is 1. The minimum Gasteiger partial charge on any atom is -0.494 e. The number of nitrogens with zero attached hydrogens (tertiary/aromatic N) is 2. The molecule has 2 amide bonds. The van der Waals surface area contributed by atoms with E-state index in [1.54, 1.807) is 7.05 Å². The van der Waals surface area contributed by atoms with Gasteiger partial charge in [-0.05, 0) is 42.8 Å². The maximum atomic E-state index is 12.2. The maximum absolute atomic E-state index is 12.2. The molecule has 0 unspecified atom stereocenters. The fourth-order valence-corrected chi connectivity index (χ4v) is 2.41. The summed E-state index contributed by atoms with van der Waals surface area (Å²) in [6.45, 7) is 2.76. The van der Waals surface area contributed by atoms with Crippen LogP contribution in [0.15, 0.2) is 42.5 Å². The summed E-state index contributed by atoms with van der Waals surface area (Å²) in [7, 11) is 1.54. The summed E-state index contributed by atoms with van der Waals surface area (Å²) in [6, 6.07) is 13.7. The highest BCUT2D eigenvalue weighted by atomic mass is 35.5. The van der Waals surface area contributed by atoms with Gasteiger partial charge < -0.3 is 15.0 Å². The predicted molar refractivity (Wildman–Crippen MR) is 98.9 cm³/mol. The highest BCUT2D eigenvalue weighted by Gasteiger charge is 2.19. The van der Waals surface area contributed by atoms with Gasteiger partial charge in [-0.25, -0.2) is 0 Å². The molecule has 0 aliphatic carbocycles. The van der Waals surface area contributed by atoms with Gasteiger partial charge in [0.05, 0.1) is 17.2 Å². The lowest BCUT2D eigenvalue weighted by Crippen LogP contribution is -2.36. The summed E-state index contributed by atoms with van der Waals surface area (Å²) in [5.41, 5.74) is 1.42. The fourth-order valence-electron chi connectivity index (χ4n) is 2.25. The van der Waals surface area contributed by atoms with Crippen LogP contribution in [0, 0.1) is 11.3 Å². The van der Waals surface area contributed by atoms with Gasteiger partial charge >= 0.3 is 11.8 Å². The second-order valence-electron chi connectivity index (χ2n) is 5.50. The fraction of sp³-hybridized carbons (Fsp3) is 0.211. The van der Waals surface area contributed by atoms with Gasteiger partial charge in [-0.2, -0.15) is 5.26 Å². The summed E-state index contributed by atoms with van der Waals surface area (Å²) in [4.78, 5) is 25.7. The minimum atomic E-state index is -0.787. The van der Waals surface area contributed by atoms with Crippen molar-refractivity contribution in [1.82, 2.24) is 4.90 Å². The number of carbonyl (C=O) groups excluding carboxylic acids is 2. The Kier molecular flexibility index (Phi) is 6.59. The molecule has 0 fully saturated rings. The van der Waals surface area contributed by atoms with Crippen LogP contribution in [-0.4, -0.2) is 30.4 Å². The number of benzene rings is 2. The molecule has 26 heavy (non-hydrogen) atoms. The molecule has 6 nitrogen and oxygen atoms in total. The first-order valence-electron chi connectivity index (χ1n) is 7.92. The van der Waals surface area contributed by atoms with E-state index in [2.05, 4.69) is 5.32 Å². The second kappa shape index (κ2) is 8.88. The molecule has 0 aliphatic rings. The van der Waals surface area contributed by atoms with E-state index < -0.39 is 11.8 Å². The largest absolute Gasteiger partial charge is 0.494 e. The van der Waals surface area contributed by atoms with Crippen LogP contribution >= 0.6 is 11.6 Å². The minimum absolute atomic E-state index is 0.222. The number of hydrogen-bond donors (Lipinski definition) is 1. The zero-order chi connectivity index (χ0) is 19.1. The normalized spacial score (nSPS) is 9.92. The van der Waals surface area contributed by atoms with Gasteiger partial charge in [0, 0.05) is 19.3 Å². The first kappa shape index (κ1) is 19.3. The highest BCUT2D eigenvalue weighted by molar-refractivity contribution is 6.39. The number of hydrogen-bond acceptors (Lipinski definition) is 4. The molecule has 0 spiro atoms. The van der Waals surface area contributed by atoms with Gasteiger partial charge in [0.25, 0.3) is 0 Å². The molecule has 0 saturated carbocycles. The van der Waals surface area contributed by atoms with Crippen molar-refractivity contribution in [3.8, 4) is 11.8 Å². The van der Waals surface area contributed by atoms with Gasteiger partial charge in [0.2, 0.25) is 0 Å². The molecular formula is C19H18ClN3O3. The summed E-state index contributed by atoms with van der Waals surface area (Å²) >= 11 is 5.85. The van der Waals surface area contributed by atoms with Crippen LogP contribution in [0.25, 0.3) is 0 Å². The van der Waals surface area contributed by atoms with E-state index in [1.807, 2.05) is 37.3 Å². The Morgan fingerprint density at radius 1 is 1.23 bits per heavy atom. The number of nitrogens with one attached hydrogen (secondary N) is 1. The first-order valence-corrected chi connectivity index (χ1v) is 8.30. The molecule has 0 aromatic heterocycles. The van der Waals surface area contributed by atoms with Crippen molar-refractivity contribution >= 4 is 29.1 Å². The van der Waals surface area contributed by atoms with Crippen LogP contribution in [0.5, 0.6) is 5.75 Å². The van der Waals surface area contributed by atoms with Gasteiger partial charge in [-0.15, -0.1) is 0 Å². The Bertz CT molecular complexity index is 844. The summed E-state index contributed by atoms with van der Waals surface area (Å²) < 4.78 is 5.37. The lowest BCUT2D eigenvalue weighted by Gasteiger charge is -2.17. The lowest BCUT2D eigenvalue weighted by molar-refractivity contribution is -0.142. The molecule has 0 radical (unpaired) electrons. The predicted octanol–water partition coefficient (Wildman–Crippen LogP) is 3.21. The molecule has 134 valence electrons. The summed E-state index contributed by atoms with van der Waals surface area (Å²) in [6.07, 6.45) is 0. The Morgan fingerprint density at radius 3 is 2.54 bits per heavy atom. The standard InChI is InChI=1S/C19H18ClN3O3/c1-3-26-16-7-4-13(5-8-16)12-23(2)19(25)18(24)22-15-6-9-17(20)14(10-15)11-21/h4-10H,3,12H2,1-2H3,(H,22,24). The number of amides is 2. The average Bonchev–Trinajstić information content (AvgIpc) is 2.64. The van der Waals surface area contributed by atoms with E-state index in [0.717, 1.165) is 11.3 Å². The molecule has 0 bridgehead atoms. The molecular weight excluding hydrogens is 354 g/mol. The van der Waals surface area contributed by atoms with E-state index in [9.17, 15) is 9.59 Å². The molecule has 2 aromatic rings. The van der Waals surface area contributed by atoms with E-state index in [1.165, 1.54) is 23.1 Å². The van der Waals surface area contributed by atoms with Crippen LogP contribution in [-0.2, 0) is 16.1 Å². The smallest absolute Gasteiger partial charge is 0.313 e. The average molecular weight is 372 g/mol. The highest BCUT2D eigenvalue weighted by Crippen LogP contribution is 2.20. The Labute approximate surface area is 156 Å². The number of nitriles is 1. The van der Waals surface area contributed by atoms with Gasteiger partial charge in [0.15, 0.2) is 0 Å². The molecule has 2 aromatic carbocycles. The van der Waals surface area contributed by atoms with Gasteiger partial charge in [-0.1, -0.05) is 23.7 Å². The maximum Gasteiger partial charge on any atom is 0.313 e. The van der Waals surface area contributed by atoms with Crippen molar-refractivity contribution in [3.63, 3.8) is 0 Å². The van der Waals surface area contributed by atoms with E-state index in [0.29, 0.717) is 12.3 Å². The molecule has 0 aliphatic heterocycles. The quantitative estimate of drug-likeness (QED) is 0.818. The molecule has 0 atom stereocenters. The number of likely N-dealkylation sites (N-methyl/N-ethyl adjacent to an activating group) is 1. The Morgan fingerprint density at radius 2 is 1.92 bits per heavy atom. The molecule has 0 saturated heterocycles. The van der Waals surface area contributed by atoms with E-state index in [4.69, 9.17) is 21.6 Å². The van der Waals surface area contributed by atoms with Crippen LogP contribution in [0.1, 0.15) is 18.1 Å². The van der Waals surface area contributed by atoms with Crippen molar-refractivity contribution in [2.75, 3.05) is 19.0 Å². The van der Waals surface area contributed by atoms with Crippen molar-refractivity contribution < 1.29 is 14.3 Å². The monoisotopic (exact) mass is 371 g/mol. The lowest BCUT2D eigenvalue weighted by atomic mass is 10.2. The zero-order valence-corrected chi connectivity index (χ0v) is 15.2. The van der Waals surface area contributed by atoms with E-state index >= 15 is 0 Å². The SMILES string of the molecule is CCOc1ccc(CN(C)C(=O)C(=O)Nc2ccc(Cl)c(C#N)c2)cc1. The van der Waals surface area contributed by atoms with E-state index in [-0.39, 0.29) is 17.1 Å². The van der Waals surface area contributed by atoms with Gasteiger partial charge in [-0.3, -0.25) is 9.59 Å². The number of anilines is 1. The van der Waals surface area contributed by atoms with Crippen molar-refractivity contribution in [2.24, 2.45) is 0 Å². The third-order valence-electron chi connectivity index (χ3n) is 3.54. The Hall–Kier alpha value is -3.04. The Balaban J connectivity index is 1.98. The molecule has 2 rings (SSSR count). The zero-order valence-electron chi connectivity index (χ0n) is 14.5. The van der Waals surface area contributed by atoms with Crippen molar-refractivity contribution in [2.45, 2.75) is 13.5 Å². The second-order valence-corrected chi connectivity index (χ2v) is 5.91. The third-order valence-corrected chi connectivity index (χ3v) is 3.87. The third kappa shape index (κ3) is 4.98. The van der Waals surface area contributed by atoms with Crippen LogP contribution in [0.2, 0.25) is 5.02 Å². The van der Waals surface area contributed by atoms with Gasteiger partial charge in [0.1, 0.15) is 11.8 Å². The molecule has 7 heteroatoms. The topological polar surface area (TPSA) is 82.4 Å². The number of ether oxygens (including phenoxy) is 1. The molecule has 0 heterocycles. The summed E-state index contributed by atoms with van der Waals surface area (Å²) in [5, 5.41) is 11.7. The van der Waals surface area contributed by atoms with Crippen molar-refractivity contribution in [3.05, 3.63) is 58.6 Å². The van der Waals surface area contributed by atoms with Crippen LogP contribution in [0.3, 0.4) is 0 Å². The number of rotatable bonds is 5.